The van der Waals surface area contributed by atoms with Crippen molar-refractivity contribution in [1.29, 1.82) is 0 Å². The van der Waals surface area contributed by atoms with Gasteiger partial charge in [0.2, 0.25) is 5.91 Å². The molecule has 0 saturated heterocycles. The fourth-order valence-corrected chi connectivity index (χ4v) is 3.35. The molecule has 0 bridgehead atoms. The Bertz CT molecular complexity index is 788. The minimum absolute atomic E-state index is 0.0690. The Morgan fingerprint density at radius 1 is 1.00 bits per heavy atom. The van der Waals surface area contributed by atoms with Crippen LogP contribution in [0.15, 0.2) is 48.5 Å². The highest BCUT2D eigenvalue weighted by molar-refractivity contribution is 6.05. The van der Waals surface area contributed by atoms with Gasteiger partial charge in [-0.3, -0.25) is 9.69 Å². The molecule has 2 aliphatic heterocycles. The monoisotopic (exact) mass is 322 g/mol. The second-order valence-electron chi connectivity index (χ2n) is 6.02. The molecule has 4 rings (SSSR count). The summed E-state index contributed by atoms with van der Waals surface area (Å²) in [6.07, 6.45) is 0.741. The molecule has 0 aliphatic carbocycles. The van der Waals surface area contributed by atoms with Crippen LogP contribution in [-0.2, 0) is 22.6 Å². The summed E-state index contributed by atoms with van der Waals surface area (Å²) in [6, 6.07) is 15.4. The third-order valence-corrected chi connectivity index (χ3v) is 4.54. The van der Waals surface area contributed by atoms with Crippen LogP contribution in [0, 0.1) is 0 Å². The van der Waals surface area contributed by atoms with Gasteiger partial charge in [-0.1, -0.05) is 42.5 Å². The summed E-state index contributed by atoms with van der Waals surface area (Å²) in [5.74, 6) is 0.0690. The number of ether oxygens (including phenoxy) is 1. The summed E-state index contributed by atoms with van der Waals surface area (Å²) in [5, 5.41) is 0. The van der Waals surface area contributed by atoms with Crippen molar-refractivity contribution in [1.82, 2.24) is 0 Å². The first-order valence-corrected chi connectivity index (χ1v) is 8.14. The Kier molecular flexibility index (Phi) is 3.69. The van der Waals surface area contributed by atoms with Crippen LogP contribution in [0.3, 0.4) is 0 Å². The summed E-state index contributed by atoms with van der Waals surface area (Å²) in [6.45, 7) is 1.26. The molecule has 0 unspecified atom stereocenters. The van der Waals surface area contributed by atoms with E-state index in [-0.39, 0.29) is 12.5 Å². The van der Waals surface area contributed by atoms with E-state index < -0.39 is 6.09 Å². The van der Waals surface area contributed by atoms with Gasteiger partial charge in [0.25, 0.3) is 0 Å². The van der Waals surface area contributed by atoms with E-state index in [9.17, 15) is 9.59 Å². The maximum Gasteiger partial charge on any atom is 0.414 e. The zero-order valence-corrected chi connectivity index (χ0v) is 13.3. The molecule has 0 fully saturated rings. The van der Waals surface area contributed by atoms with Gasteiger partial charge in [0.15, 0.2) is 0 Å². The van der Waals surface area contributed by atoms with Gasteiger partial charge < -0.3 is 9.64 Å². The Morgan fingerprint density at radius 3 is 2.67 bits per heavy atom. The number of amides is 2. The SMILES string of the molecule is O=C(OCc1ccccc1)N1CCC(=O)N2CCc3cccc1c32. The highest BCUT2D eigenvalue weighted by Crippen LogP contribution is 2.40. The zero-order valence-electron chi connectivity index (χ0n) is 13.3. The molecule has 5 nitrogen and oxygen atoms in total. The molecule has 0 N–H and O–H groups in total. The summed E-state index contributed by atoms with van der Waals surface area (Å²) in [4.78, 5) is 28.3. The molecule has 2 aromatic rings. The standard InChI is InChI=1S/C19H18N2O3/c22-17-10-12-20(19(23)24-13-14-5-2-1-3-6-14)16-8-4-7-15-9-11-21(17)18(15)16/h1-8H,9-13H2. The zero-order chi connectivity index (χ0) is 16.5. The van der Waals surface area contributed by atoms with Gasteiger partial charge in [-0.15, -0.1) is 0 Å². The van der Waals surface area contributed by atoms with Crippen molar-refractivity contribution in [3.63, 3.8) is 0 Å². The van der Waals surface area contributed by atoms with Gasteiger partial charge in [0.1, 0.15) is 6.61 Å². The number of hydrogen-bond acceptors (Lipinski definition) is 3. The van der Waals surface area contributed by atoms with E-state index in [0.717, 1.165) is 28.9 Å². The molecule has 5 heteroatoms. The first kappa shape index (κ1) is 14.8. The molecule has 2 amide bonds. The topological polar surface area (TPSA) is 49.9 Å². The van der Waals surface area contributed by atoms with Gasteiger partial charge >= 0.3 is 6.09 Å². The van der Waals surface area contributed by atoms with Gasteiger partial charge in [-0.05, 0) is 23.6 Å². The molecule has 0 atom stereocenters. The number of para-hydroxylation sites is 1. The van der Waals surface area contributed by atoms with Crippen LogP contribution in [0.2, 0.25) is 0 Å². The van der Waals surface area contributed by atoms with E-state index in [2.05, 4.69) is 0 Å². The van der Waals surface area contributed by atoms with Crippen LogP contribution in [0.4, 0.5) is 16.2 Å². The van der Waals surface area contributed by atoms with Crippen molar-refractivity contribution in [3.8, 4) is 0 Å². The first-order valence-electron chi connectivity index (χ1n) is 8.14. The average Bonchev–Trinajstić information content (AvgIpc) is 2.99. The number of hydrogen-bond donors (Lipinski definition) is 0. The van der Waals surface area contributed by atoms with Gasteiger partial charge in [0, 0.05) is 19.5 Å². The molecule has 0 aromatic heterocycles. The van der Waals surface area contributed by atoms with E-state index in [4.69, 9.17) is 4.74 Å². The van der Waals surface area contributed by atoms with Crippen LogP contribution in [-0.4, -0.2) is 25.1 Å². The second-order valence-corrected chi connectivity index (χ2v) is 6.02. The lowest BCUT2D eigenvalue weighted by Crippen LogP contribution is -2.32. The van der Waals surface area contributed by atoms with Crippen LogP contribution in [0.1, 0.15) is 17.5 Å². The Labute approximate surface area is 140 Å². The Hall–Kier alpha value is -2.82. The predicted octanol–water partition coefficient (Wildman–Crippen LogP) is 3.12. The van der Waals surface area contributed by atoms with Gasteiger partial charge in [-0.25, -0.2) is 4.79 Å². The summed E-state index contributed by atoms with van der Waals surface area (Å²) >= 11 is 0. The lowest BCUT2D eigenvalue weighted by atomic mass is 10.1. The molecule has 2 aromatic carbocycles. The largest absolute Gasteiger partial charge is 0.444 e. The molecule has 2 aliphatic rings. The molecular weight excluding hydrogens is 304 g/mol. The molecule has 0 saturated carbocycles. The summed E-state index contributed by atoms with van der Waals surface area (Å²) in [7, 11) is 0. The quantitative estimate of drug-likeness (QED) is 0.853. The van der Waals surface area contributed by atoms with Crippen molar-refractivity contribution < 1.29 is 14.3 Å². The molecule has 0 radical (unpaired) electrons. The maximum atomic E-state index is 12.6. The predicted molar refractivity (Wildman–Crippen MR) is 91.1 cm³/mol. The van der Waals surface area contributed by atoms with Crippen molar-refractivity contribution in [2.24, 2.45) is 0 Å². The van der Waals surface area contributed by atoms with Crippen molar-refractivity contribution in [2.75, 3.05) is 22.9 Å². The number of rotatable bonds is 2. The van der Waals surface area contributed by atoms with Gasteiger partial charge in [0.05, 0.1) is 11.4 Å². The highest BCUT2D eigenvalue weighted by atomic mass is 16.6. The molecular formula is C19H18N2O3. The van der Waals surface area contributed by atoms with Crippen molar-refractivity contribution >= 4 is 23.4 Å². The lowest BCUT2D eigenvalue weighted by Gasteiger charge is -2.23. The van der Waals surface area contributed by atoms with Crippen LogP contribution in [0.25, 0.3) is 0 Å². The van der Waals surface area contributed by atoms with Crippen LogP contribution >= 0.6 is 0 Å². The maximum absolute atomic E-state index is 12.6. The second kappa shape index (κ2) is 6.00. The third-order valence-electron chi connectivity index (χ3n) is 4.54. The molecule has 24 heavy (non-hydrogen) atoms. The van der Waals surface area contributed by atoms with Crippen LogP contribution < -0.4 is 9.80 Å². The van der Waals surface area contributed by atoms with E-state index in [1.165, 1.54) is 0 Å². The smallest absolute Gasteiger partial charge is 0.414 e. The normalized spacial score (nSPS) is 15.9. The van der Waals surface area contributed by atoms with Gasteiger partial charge in [-0.2, -0.15) is 0 Å². The van der Waals surface area contributed by atoms with Crippen molar-refractivity contribution in [2.45, 2.75) is 19.4 Å². The Balaban J connectivity index is 1.59. The average molecular weight is 322 g/mol. The molecule has 2 heterocycles. The fraction of sp³-hybridized carbons (Fsp3) is 0.263. The fourth-order valence-electron chi connectivity index (χ4n) is 3.35. The van der Waals surface area contributed by atoms with Crippen LogP contribution in [0.5, 0.6) is 0 Å². The highest BCUT2D eigenvalue weighted by Gasteiger charge is 2.34. The van der Waals surface area contributed by atoms with E-state index >= 15 is 0 Å². The summed E-state index contributed by atoms with van der Waals surface area (Å²) in [5.41, 5.74) is 3.70. The molecule has 122 valence electrons. The molecule has 0 spiro atoms. The first-order chi connectivity index (χ1) is 11.7. The Morgan fingerprint density at radius 2 is 1.83 bits per heavy atom. The van der Waals surface area contributed by atoms with E-state index in [1.54, 1.807) is 9.80 Å². The van der Waals surface area contributed by atoms with E-state index in [1.807, 2.05) is 48.5 Å². The number of carbonyl (C=O) groups is 2. The number of benzene rings is 2. The van der Waals surface area contributed by atoms with E-state index in [0.29, 0.717) is 19.5 Å². The number of anilines is 2. The van der Waals surface area contributed by atoms with Crippen molar-refractivity contribution in [3.05, 3.63) is 59.7 Å². The third kappa shape index (κ3) is 2.52. The minimum atomic E-state index is -0.409. The number of nitrogens with zero attached hydrogens (tertiary/aromatic N) is 2. The number of carbonyl (C=O) groups excluding carboxylic acids is 2. The lowest BCUT2D eigenvalue weighted by molar-refractivity contribution is -0.118. The summed E-state index contributed by atoms with van der Waals surface area (Å²) < 4.78 is 5.47. The minimum Gasteiger partial charge on any atom is -0.444 e.